The highest BCUT2D eigenvalue weighted by Gasteiger charge is 2.25. The summed E-state index contributed by atoms with van der Waals surface area (Å²) in [5, 5.41) is 2.88. The fourth-order valence-corrected chi connectivity index (χ4v) is 2.63. The zero-order valence-corrected chi connectivity index (χ0v) is 15.9. The maximum Gasteiger partial charge on any atom is 0.410 e. The Balaban J connectivity index is 1.89. The smallest absolute Gasteiger partial charge is 0.410 e. The van der Waals surface area contributed by atoms with E-state index in [0.29, 0.717) is 26.2 Å². The van der Waals surface area contributed by atoms with Gasteiger partial charge in [-0.25, -0.2) is 9.59 Å². The first-order chi connectivity index (χ1) is 11.2. The number of halogens is 1. The number of hydrogen-bond acceptors (Lipinski definition) is 3. The molecule has 2 rings (SSSR count). The highest BCUT2D eigenvalue weighted by Crippen LogP contribution is 2.16. The number of hydrogen-bond donors (Lipinski definition) is 1. The van der Waals surface area contributed by atoms with Crippen molar-refractivity contribution < 1.29 is 14.3 Å². The van der Waals surface area contributed by atoms with Crippen LogP contribution >= 0.6 is 15.9 Å². The number of carbonyl (C=O) groups excluding carboxylic acids is 2. The van der Waals surface area contributed by atoms with Gasteiger partial charge in [-0.2, -0.15) is 0 Å². The van der Waals surface area contributed by atoms with Crippen LogP contribution in [0.25, 0.3) is 0 Å². The summed E-state index contributed by atoms with van der Waals surface area (Å²) >= 11 is 3.37. The third kappa shape index (κ3) is 5.70. The molecule has 0 saturated carbocycles. The molecule has 3 amide bonds. The Morgan fingerprint density at radius 3 is 2.25 bits per heavy atom. The van der Waals surface area contributed by atoms with E-state index in [4.69, 9.17) is 4.74 Å². The van der Waals surface area contributed by atoms with Gasteiger partial charge >= 0.3 is 12.1 Å². The highest BCUT2D eigenvalue weighted by molar-refractivity contribution is 9.10. The molecule has 0 atom stereocenters. The third-order valence-electron chi connectivity index (χ3n) is 3.53. The third-order valence-corrected chi connectivity index (χ3v) is 4.06. The van der Waals surface area contributed by atoms with Gasteiger partial charge in [-0.15, -0.1) is 0 Å². The van der Waals surface area contributed by atoms with E-state index in [2.05, 4.69) is 21.2 Å². The van der Waals surface area contributed by atoms with Gasteiger partial charge < -0.3 is 19.9 Å². The van der Waals surface area contributed by atoms with Gasteiger partial charge in [0.05, 0.1) is 0 Å². The van der Waals surface area contributed by atoms with Gasteiger partial charge in [0, 0.05) is 36.3 Å². The van der Waals surface area contributed by atoms with Crippen LogP contribution in [0.1, 0.15) is 27.2 Å². The molecule has 1 aromatic rings. The minimum atomic E-state index is -0.512. The molecular weight excluding hydrogens is 374 g/mol. The number of nitrogens with one attached hydrogen (secondary N) is 1. The quantitative estimate of drug-likeness (QED) is 0.780. The van der Waals surface area contributed by atoms with Crippen LogP contribution in [-0.4, -0.2) is 53.7 Å². The minimum absolute atomic E-state index is 0.150. The average Bonchev–Trinajstić information content (AvgIpc) is 2.74. The first-order valence-corrected chi connectivity index (χ1v) is 8.83. The van der Waals surface area contributed by atoms with Crippen molar-refractivity contribution >= 4 is 33.7 Å². The first kappa shape index (κ1) is 18.6. The second-order valence-electron chi connectivity index (χ2n) is 6.75. The molecule has 0 radical (unpaired) electrons. The van der Waals surface area contributed by atoms with Gasteiger partial charge in [0.1, 0.15) is 5.60 Å². The number of anilines is 1. The van der Waals surface area contributed by atoms with Gasteiger partial charge in [-0.3, -0.25) is 0 Å². The summed E-state index contributed by atoms with van der Waals surface area (Å²) in [6.07, 6.45) is 0.408. The zero-order valence-electron chi connectivity index (χ0n) is 14.3. The fourth-order valence-electron chi connectivity index (χ4n) is 2.37. The van der Waals surface area contributed by atoms with Crippen molar-refractivity contribution in [1.82, 2.24) is 9.80 Å². The molecule has 1 heterocycles. The van der Waals surface area contributed by atoms with Gasteiger partial charge in [-0.05, 0) is 51.5 Å². The van der Waals surface area contributed by atoms with Crippen molar-refractivity contribution in [2.75, 3.05) is 31.5 Å². The molecule has 1 N–H and O–H groups in total. The van der Waals surface area contributed by atoms with Crippen LogP contribution < -0.4 is 5.32 Å². The van der Waals surface area contributed by atoms with E-state index in [1.165, 1.54) is 0 Å². The normalized spacial score (nSPS) is 15.7. The molecule has 6 nitrogen and oxygen atoms in total. The summed E-state index contributed by atoms with van der Waals surface area (Å²) in [7, 11) is 0. The van der Waals surface area contributed by atoms with Crippen molar-refractivity contribution in [3.8, 4) is 0 Å². The SMILES string of the molecule is CC(C)(C)OC(=O)N1CCCN(C(=O)Nc2ccc(Br)cc2)CC1. The van der Waals surface area contributed by atoms with E-state index in [1.807, 2.05) is 45.0 Å². The van der Waals surface area contributed by atoms with Gasteiger partial charge in [0.2, 0.25) is 0 Å². The topological polar surface area (TPSA) is 61.9 Å². The van der Waals surface area contributed by atoms with Crippen LogP contribution in [0.4, 0.5) is 15.3 Å². The maximum atomic E-state index is 12.4. The first-order valence-electron chi connectivity index (χ1n) is 8.04. The summed E-state index contributed by atoms with van der Waals surface area (Å²) in [6, 6.07) is 7.29. The van der Waals surface area contributed by atoms with Crippen LogP contribution in [0.2, 0.25) is 0 Å². The molecule has 1 aliphatic heterocycles. The lowest BCUT2D eigenvalue weighted by Gasteiger charge is -2.26. The van der Waals surface area contributed by atoms with Crippen molar-refractivity contribution in [3.63, 3.8) is 0 Å². The van der Waals surface area contributed by atoms with Gasteiger partial charge in [-0.1, -0.05) is 15.9 Å². The number of rotatable bonds is 1. The molecule has 0 unspecified atom stereocenters. The molecule has 7 heteroatoms. The number of carbonyl (C=O) groups is 2. The molecule has 0 aromatic heterocycles. The number of benzene rings is 1. The lowest BCUT2D eigenvalue weighted by Crippen LogP contribution is -2.41. The Kier molecular flexibility index (Phi) is 6.10. The Bertz CT molecular complexity index is 584. The van der Waals surface area contributed by atoms with Crippen LogP contribution in [0.5, 0.6) is 0 Å². The monoisotopic (exact) mass is 397 g/mol. The maximum absolute atomic E-state index is 12.4. The fraction of sp³-hybridized carbons (Fsp3) is 0.529. The Hall–Kier alpha value is -1.76. The molecule has 0 aliphatic carbocycles. The Morgan fingerprint density at radius 1 is 1.04 bits per heavy atom. The van der Waals surface area contributed by atoms with E-state index in [1.54, 1.807) is 9.80 Å². The second kappa shape index (κ2) is 7.88. The molecule has 1 fully saturated rings. The Labute approximate surface area is 151 Å². The van der Waals surface area contributed by atoms with Crippen molar-refractivity contribution in [1.29, 1.82) is 0 Å². The van der Waals surface area contributed by atoms with Crippen LogP contribution in [0.15, 0.2) is 28.7 Å². The van der Waals surface area contributed by atoms with E-state index in [-0.39, 0.29) is 12.1 Å². The lowest BCUT2D eigenvalue weighted by atomic mass is 10.2. The highest BCUT2D eigenvalue weighted by atomic mass is 79.9. The number of urea groups is 1. The van der Waals surface area contributed by atoms with Crippen LogP contribution in [0.3, 0.4) is 0 Å². The average molecular weight is 398 g/mol. The summed E-state index contributed by atoms with van der Waals surface area (Å²) in [5.74, 6) is 0. The molecule has 24 heavy (non-hydrogen) atoms. The molecule has 132 valence electrons. The number of ether oxygens (including phenoxy) is 1. The number of nitrogens with zero attached hydrogens (tertiary/aromatic N) is 2. The van der Waals surface area contributed by atoms with E-state index in [0.717, 1.165) is 16.6 Å². The van der Waals surface area contributed by atoms with Gasteiger partial charge in [0.15, 0.2) is 0 Å². The largest absolute Gasteiger partial charge is 0.444 e. The molecule has 1 saturated heterocycles. The molecule has 0 bridgehead atoms. The summed E-state index contributed by atoms with van der Waals surface area (Å²) in [4.78, 5) is 27.9. The number of amides is 3. The summed E-state index contributed by atoms with van der Waals surface area (Å²) in [6.45, 7) is 7.71. The van der Waals surface area contributed by atoms with E-state index >= 15 is 0 Å². The van der Waals surface area contributed by atoms with Crippen LogP contribution in [-0.2, 0) is 4.74 Å². The summed E-state index contributed by atoms with van der Waals surface area (Å²) < 4.78 is 6.36. The second-order valence-corrected chi connectivity index (χ2v) is 7.66. The van der Waals surface area contributed by atoms with Crippen molar-refractivity contribution in [2.24, 2.45) is 0 Å². The molecular formula is C17H24BrN3O3. The minimum Gasteiger partial charge on any atom is -0.444 e. The van der Waals surface area contributed by atoms with Gasteiger partial charge in [0.25, 0.3) is 0 Å². The zero-order chi connectivity index (χ0) is 17.7. The Morgan fingerprint density at radius 2 is 1.62 bits per heavy atom. The molecule has 0 spiro atoms. The predicted octanol–water partition coefficient (Wildman–Crippen LogP) is 3.92. The summed E-state index contributed by atoms with van der Waals surface area (Å²) in [5.41, 5.74) is 0.235. The van der Waals surface area contributed by atoms with E-state index in [9.17, 15) is 9.59 Å². The molecule has 1 aliphatic rings. The standard InChI is InChI=1S/C17H24BrN3O3/c1-17(2,3)24-16(23)21-10-4-9-20(11-12-21)15(22)19-14-7-5-13(18)6-8-14/h5-8H,4,9-12H2,1-3H3,(H,19,22). The molecule has 1 aromatic carbocycles. The van der Waals surface area contributed by atoms with E-state index < -0.39 is 5.60 Å². The predicted molar refractivity (Wildman–Crippen MR) is 97.2 cm³/mol. The van der Waals surface area contributed by atoms with Crippen molar-refractivity contribution in [3.05, 3.63) is 28.7 Å². The van der Waals surface area contributed by atoms with Crippen molar-refractivity contribution in [2.45, 2.75) is 32.8 Å². The van der Waals surface area contributed by atoms with Crippen LogP contribution in [0, 0.1) is 0 Å². The lowest BCUT2D eigenvalue weighted by molar-refractivity contribution is 0.0259.